The first-order chi connectivity index (χ1) is 34.8. The molecule has 15 heteroatoms. The van der Waals surface area contributed by atoms with Crippen LogP contribution in [-0.4, -0.2) is 73.9 Å². The van der Waals surface area contributed by atoms with E-state index in [9.17, 15) is 28.8 Å². The van der Waals surface area contributed by atoms with Crippen molar-refractivity contribution in [3.05, 3.63) is 136 Å². The van der Waals surface area contributed by atoms with Gasteiger partial charge >= 0.3 is 5.97 Å². The molecule has 0 saturated carbocycles. The molecule has 15 nitrogen and oxygen atoms in total. The third kappa shape index (κ3) is 10.5. The monoisotopic (exact) mass is 973 g/mol. The Bertz CT molecular complexity index is 3000. The van der Waals surface area contributed by atoms with Gasteiger partial charge in [0.15, 0.2) is 17.3 Å². The molecule has 5 aromatic rings. The molecule has 0 fully saturated rings. The Morgan fingerprint density at radius 1 is 0.736 bits per heavy atom. The van der Waals surface area contributed by atoms with Gasteiger partial charge in [-0.25, -0.2) is 0 Å². The molecule has 0 aliphatic carbocycles. The Kier molecular flexibility index (Phi) is 14.5. The van der Waals surface area contributed by atoms with Crippen molar-refractivity contribution in [2.45, 2.75) is 110 Å². The summed E-state index contributed by atoms with van der Waals surface area (Å²) in [6, 6.07) is 27.8. The van der Waals surface area contributed by atoms with Gasteiger partial charge in [-0.15, -0.1) is 0 Å². The average molecular weight is 974 g/mol. The zero-order valence-corrected chi connectivity index (χ0v) is 41.2. The Labute approximate surface area is 418 Å². The van der Waals surface area contributed by atoms with Gasteiger partial charge in [0.1, 0.15) is 19.0 Å². The molecule has 4 atom stereocenters. The molecule has 0 saturated heterocycles. The molecule has 0 aromatic heterocycles. The number of amides is 4. The Morgan fingerprint density at radius 3 is 2.12 bits per heavy atom. The lowest BCUT2D eigenvalue weighted by molar-refractivity contribution is -0.140. The second kappa shape index (κ2) is 21.3. The van der Waals surface area contributed by atoms with Crippen molar-refractivity contribution in [1.29, 1.82) is 0 Å². The van der Waals surface area contributed by atoms with Crippen LogP contribution in [-0.2, 0) is 56.4 Å². The van der Waals surface area contributed by atoms with E-state index in [1.807, 2.05) is 72.5 Å². The number of ether oxygens (including phenoxy) is 4. The summed E-state index contributed by atoms with van der Waals surface area (Å²) in [5.74, 6) is -0.946. The van der Waals surface area contributed by atoms with Crippen LogP contribution in [0.3, 0.4) is 0 Å². The summed E-state index contributed by atoms with van der Waals surface area (Å²) in [6.45, 7) is 5.31. The topological polar surface area (TPSA) is 182 Å². The normalized spacial score (nSPS) is 16.9. The van der Waals surface area contributed by atoms with Crippen molar-refractivity contribution in [2.75, 3.05) is 29.3 Å². The number of para-hydroxylation sites is 2. The van der Waals surface area contributed by atoms with E-state index < -0.39 is 17.9 Å². The Balaban J connectivity index is 0.921. The Hall–Kier alpha value is -7.81. The van der Waals surface area contributed by atoms with Crippen LogP contribution < -0.4 is 34.6 Å². The number of hydrogen-bond donors (Lipinski definition) is 2. The number of anilines is 3. The van der Waals surface area contributed by atoms with Crippen LogP contribution in [0.15, 0.2) is 96.0 Å². The molecule has 5 aromatic carbocycles. The highest BCUT2D eigenvalue weighted by Crippen LogP contribution is 2.42. The van der Waals surface area contributed by atoms with Crippen LogP contribution in [0.5, 0.6) is 17.2 Å². The van der Waals surface area contributed by atoms with Crippen molar-refractivity contribution in [3.63, 3.8) is 0 Å². The number of fused-ring (bicyclic) bond motifs is 8. The summed E-state index contributed by atoms with van der Waals surface area (Å²) in [7, 11) is 2.83. The van der Waals surface area contributed by atoms with Crippen LogP contribution in [0.4, 0.5) is 22.7 Å². The van der Waals surface area contributed by atoms with E-state index >= 15 is 0 Å². The van der Waals surface area contributed by atoms with Gasteiger partial charge in [-0.1, -0.05) is 43.3 Å². The van der Waals surface area contributed by atoms with E-state index in [1.54, 1.807) is 49.2 Å². The van der Waals surface area contributed by atoms with Crippen molar-refractivity contribution >= 4 is 64.3 Å². The van der Waals surface area contributed by atoms with Crippen molar-refractivity contribution in [3.8, 4) is 17.2 Å². The molecule has 72 heavy (non-hydrogen) atoms. The zero-order valence-electron chi connectivity index (χ0n) is 41.2. The largest absolute Gasteiger partial charge is 0.493 e. The van der Waals surface area contributed by atoms with E-state index in [1.165, 1.54) is 19.8 Å². The fourth-order valence-electron chi connectivity index (χ4n) is 10.1. The standard InChI is InChI=1S/C57H59N5O10/c1-33-20-44-38(18-19-42-25-39-12-6-8-14-47(39)61(42)56(44)67)27-50(33)71-31-36-22-37(24-41(23-36)60-55(66)34(2)21-49(63)35(3)59-53(64)16-10-11-17-54(65)70-5)32-72-52-29-46-45(28-51(52)69-4)57(68)62-43(30-58-46)26-40-13-7-9-15-48(40)62/h6-9,12-15,20,22-24,27-30,34-35,42-43H,10-11,16-19,21,25-26,31-32H2,1-5H3,(H,59,64)(H,60,66)/t34-,35-,42+,43-/m0/s1. The maximum absolute atomic E-state index is 14.1. The quantitative estimate of drug-likeness (QED) is 0.0636. The number of aryl methyl sites for hydroxylation is 2. The highest BCUT2D eigenvalue weighted by Gasteiger charge is 2.38. The number of esters is 1. The van der Waals surface area contributed by atoms with Gasteiger partial charge in [0.2, 0.25) is 11.8 Å². The smallest absolute Gasteiger partial charge is 0.305 e. The summed E-state index contributed by atoms with van der Waals surface area (Å²) in [6.07, 6.45) is 6.02. The number of methoxy groups -OCH3 is 2. The first kappa shape index (κ1) is 49.2. The predicted molar refractivity (Wildman–Crippen MR) is 273 cm³/mol. The summed E-state index contributed by atoms with van der Waals surface area (Å²) >= 11 is 0. The summed E-state index contributed by atoms with van der Waals surface area (Å²) in [5, 5.41) is 5.70. The number of ketones is 1. The van der Waals surface area contributed by atoms with Gasteiger partial charge in [-0.2, -0.15) is 0 Å². The fraction of sp³-hybridized carbons (Fsp3) is 0.351. The number of aliphatic imine (C=N–C) groups is 1. The third-order valence-corrected chi connectivity index (χ3v) is 14.0. The number of nitrogens with one attached hydrogen (secondary N) is 2. The van der Waals surface area contributed by atoms with Crippen LogP contribution >= 0.6 is 0 Å². The Morgan fingerprint density at radius 2 is 1.40 bits per heavy atom. The average Bonchev–Trinajstić information content (AvgIpc) is 3.87. The van der Waals surface area contributed by atoms with E-state index in [2.05, 4.69) is 21.4 Å². The second-order valence-corrected chi connectivity index (χ2v) is 19.1. The number of benzene rings is 5. The van der Waals surface area contributed by atoms with Crippen LogP contribution in [0.2, 0.25) is 0 Å². The van der Waals surface area contributed by atoms with E-state index in [0.717, 1.165) is 47.3 Å². The van der Waals surface area contributed by atoms with Gasteiger partial charge < -0.3 is 34.5 Å². The molecular weight excluding hydrogens is 915 g/mol. The number of carbonyl (C=O) groups is 6. The van der Waals surface area contributed by atoms with Gasteiger partial charge in [0.05, 0.1) is 37.6 Å². The van der Waals surface area contributed by atoms with Gasteiger partial charge in [-0.05, 0) is 128 Å². The number of Topliss-reactive ketones (excluding diaryl/α,β-unsaturated/α-hetero) is 1. The molecule has 0 spiro atoms. The summed E-state index contributed by atoms with van der Waals surface area (Å²) in [5.41, 5.74) is 9.20. The number of nitrogens with zero attached hydrogens (tertiary/aromatic N) is 3. The van der Waals surface area contributed by atoms with Crippen molar-refractivity contribution < 1.29 is 47.7 Å². The van der Waals surface area contributed by atoms with Gasteiger partial charge in [-0.3, -0.25) is 38.7 Å². The van der Waals surface area contributed by atoms with Gasteiger partial charge in [0.25, 0.3) is 11.8 Å². The molecule has 0 unspecified atom stereocenters. The van der Waals surface area contributed by atoms with Gasteiger partial charge in [0, 0.05) is 72.5 Å². The number of unbranched alkanes of at least 4 members (excludes halogenated alkanes) is 1. The molecule has 2 N–H and O–H groups in total. The molecule has 0 radical (unpaired) electrons. The van der Waals surface area contributed by atoms with Crippen LogP contribution in [0.1, 0.15) is 106 Å². The molecule has 4 aliphatic rings. The minimum Gasteiger partial charge on any atom is -0.493 e. The highest BCUT2D eigenvalue weighted by molar-refractivity contribution is 6.15. The van der Waals surface area contributed by atoms with Crippen LogP contribution in [0.25, 0.3) is 0 Å². The minimum atomic E-state index is -0.816. The lowest BCUT2D eigenvalue weighted by Gasteiger charge is -2.23. The molecule has 372 valence electrons. The summed E-state index contributed by atoms with van der Waals surface area (Å²) in [4.78, 5) is 87.6. The minimum absolute atomic E-state index is 0.00461. The SMILES string of the molecule is COC(=O)CCCCC(=O)N[C@@H](C)C(=O)C[C@H](C)C(=O)Nc1cc(COc2cc3c(cc2C)C(=O)N2c4ccccc4C[C@H]2CC3)cc(COc2cc3c(cc2OC)C(=O)N2c4ccccc4C[C@H]2C=N3)c1. The lowest BCUT2D eigenvalue weighted by atomic mass is 9.98. The molecular formula is C57H59N5O10. The van der Waals surface area contributed by atoms with E-state index in [-0.39, 0.29) is 74.0 Å². The predicted octanol–water partition coefficient (Wildman–Crippen LogP) is 8.74. The summed E-state index contributed by atoms with van der Waals surface area (Å²) < 4.78 is 23.4. The highest BCUT2D eigenvalue weighted by atomic mass is 16.5. The molecule has 4 heterocycles. The number of rotatable bonds is 18. The molecule has 9 rings (SSSR count). The molecule has 0 bridgehead atoms. The lowest BCUT2D eigenvalue weighted by Crippen LogP contribution is -2.39. The first-order valence-electron chi connectivity index (χ1n) is 24.6. The van der Waals surface area contributed by atoms with E-state index in [0.29, 0.717) is 70.1 Å². The molecule has 4 amide bonds. The third-order valence-electron chi connectivity index (χ3n) is 14.0. The van der Waals surface area contributed by atoms with E-state index in [4.69, 9.17) is 19.2 Å². The maximum Gasteiger partial charge on any atom is 0.305 e. The van der Waals surface area contributed by atoms with Crippen LogP contribution in [0, 0.1) is 12.8 Å². The fourth-order valence-corrected chi connectivity index (χ4v) is 10.1. The number of hydrogen-bond acceptors (Lipinski definition) is 11. The first-order valence-corrected chi connectivity index (χ1v) is 24.6. The maximum atomic E-state index is 14.1. The number of carbonyl (C=O) groups excluding carboxylic acids is 6. The van der Waals surface area contributed by atoms with Crippen molar-refractivity contribution in [1.82, 2.24) is 5.32 Å². The molecule has 4 aliphatic heterocycles. The zero-order chi connectivity index (χ0) is 50.6. The van der Waals surface area contributed by atoms with Crippen molar-refractivity contribution in [2.24, 2.45) is 10.9 Å². The second-order valence-electron chi connectivity index (χ2n) is 19.1.